The highest BCUT2D eigenvalue weighted by molar-refractivity contribution is 6.12. The van der Waals surface area contributed by atoms with Gasteiger partial charge in [-0.25, -0.2) is 4.39 Å². The predicted molar refractivity (Wildman–Crippen MR) is 82.7 cm³/mol. The number of pyridine rings is 1. The van der Waals surface area contributed by atoms with Gasteiger partial charge in [0.1, 0.15) is 5.82 Å². The van der Waals surface area contributed by atoms with Crippen LogP contribution >= 0.6 is 0 Å². The molecule has 118 valence electrons. The van der Waals surface area contributed by atoms with Crippen molar-refractivity contribution in [2.24, 2.45) is 10.7 Å². The summed E-state index contributed by atoms with van der Waals surface area (Å²) in [5.74, 6) is -0.852. The van der Waals surface area contributed by atoms with Crippen molar-refractivity contribution < 1.29 is 9.18 Å². The van der Waals surface area contributed by atoms with Crippen LogP contribution in [0.4, 0.5) is 4.39 Å². The number of piperidine rings is 1. The summed E-state index contributed by atoms with van der Waals surface area (Å²) in [6.07, 6.45) is 6.04. The Hall–Kier alpha value is -2.28. The van der Waals surface area contributed by atoms with Crippen LogP contribution in [-0.2, 0) is 11.3 Å². The molecule has 0 bridgehead atoms. The summed E-state index contributed by atoms with van der Waals surface area (Å²) in [6.45, 7) is 1.85. The summed E-state index contributed by atoms with van der Waals surface area (Å²) in [6, 6.07) is 3.00. The average Bonchev–Trinajstić information content (AvgIpc) is 2.55. The molecule has 0 atom stereocenters. The average molecular weight is 305 g/mol. The van der Waals surface area contributed by atoms with Gasteiger partial charge in [0.15, 0.2) is 0 Å². The second-order valence-electron chi connectivity index (χ2n) is 5.00. The van der Waals surface area contributed by atoms with Crippen LogP contribution in [0.2, 0.25) is 0 Å². The number of nitrogens with two attached hydrogens (primary N) is 1. The van der Waals surface area contributed by atoms with E-state index in [0.717, 1.165) is 25.9 Å². The third-order valence-corrected chi connectivity index (χ3v) is 3.43. The molecule has 2 rings (SSSR count). The second-order valence-corrected chi connectivity index (χ2v) is 5.00. The first-order valence-electron chi connectivity index (χ1n) is 7.24. The van der Waals surface area contributed by atoms with E-state index in [1.54, 1.807) is 0 Å². The molecule has 0 spiro atoms. The monoisotopic (exact) mass is 305 g/mol. The van der Waals surface area contributed by atoms with Crippen molar-refractivity contribution in [2.75, 3.05) is 13.1 Å². The molecule has 2 heterocycles. The molecule has 1 aromatic heterocycles. The number of aliphatic imine (C=N–C) groups is 1. The molecule has 0 unspecified atom stereocenters. The van der Waals surface area contributed by atoms with E-state index in [9.17, 15) is 9.18 Å². The zero-order valence-electron chi connectivity index (χ0n) is 12.3. The summed E-state index contributed by atoms with van der Waals surface area (Å²) in [5.41, 5.74) is 5.91. The molecule has 7 heteroatoms. The molecule has 6 nitrogen and oxygen atoms in total. The Balaban J connectivity index is 1.89. The van der Waals surface area contributed by atoms with Gasteiger partial charge in [0.05, 0.1) is 23.9 Å². The number of nitrogens with one attached hydrogen (secondary N) is 2. The van der Waals surface area contributed by atoms with Gasteiger partial charge >= 0.3 is 0 Å². The molecule has 1 saturated heterocycles. The quantitative estimate of drug-likeness (QED) is 0.546. The van der Waals surface area contributed by atoms with E-state index >= 15 is 0 Å². The Kier molecular flexibility index (Phi) is 6.02. The lowest BCUT2D eigenvalue weighted by atomic mass is 10.1. The van der Waals surface area contributed by atoms with E-state index in [-0.39, 0.29) is 23.9 Å². The van der Waals surface area contributed by atoms with Crippen molar-refractivity contribution >= 4 is 12.1 Å². The van der Waals surface area contributed by atoms with E-state index in [1.165, 1.54) is 30.7 Å². The first-order valence-corrected chi connectivity index (χ1v) is 7.24. The zero-order valence-corrected chi connectivity index (χ0v) is 12.3. The van der Waals surface area contributed by atoms with Crippen LogP contribution in [0.3, 0.4) is 0 Å². The van der Waals surface area contributed by atoms with Crippen LogP contribution in [0.1, 0.15) is 18.5 Å². The summed E-state index contributed by atoms with van der Waals surface area (Å²) < 4.78 is 13.4. The van der Waals surface area contributed by atoms with Crippen molar-refractivity contribution in [1.29, 1.82) is 0 Å². The molecule has 0 saturated carbocycles. The van der Waals surface area contributed by atoms with E-state index in [0.29, 0.717) is 0 Å². The number of nitrogens with zero attached hydrogens (tertiary/aromatic N) is 2. The number of hydrogen-bond acceptors (Lipinski definition) is 5. The maximum atomic E-state index is 13.4. The maximum Gasteiger partial charge on any atom is 0.254 e. The largest absolute Gasteiger partial charge is 0.404 e. The van der Waals surface area contributed by atoms with E-state index in [1.807, 2.05) is 0 Å². The molecule has 1 aliphatic rings. The number of amides is 1. The first kappa shape index (κ1) is 16.1. The predicted octanol–water partition coefficient (Wildman–Crippen LogP) is 0.502. The SMILES string of the molecule is NC=C(C=NC1CCNCC1)C(=O)NCc1ncccc1F. The van der Waals surface area contributed by atoms with Crippen LogP contribution in [0.25, 0.3) is 0 Å². The van der Waals surface area contributed by atoms with Crippen molar-refractivity contribution in [3.63, 3.8) is 0 Å². The van der Waals surface area contributed by atoms with Crippen molar-refractivity contribution in [3.05, 3.63) is 41.6 Å². The fourth-order valence-corrected chi connectivity index (χ4v) is 2.13. The normalized spacial score (nSPS) is 16.9. The van der Waals surface area contributed by atoms with E-state index in [2.05, 4.69) is 20.6 Å². The number of aromatic nitrogens is 1. The van der Waals surface area contributed by atoms with Crippen LogP contribution < -0.4 is 16.4 Å². The molecule has 1 amide bonds. The first-order chi connectivity index (χ1) is 10.7. The van der Waals surface area contributed by atoms with Crippen LogP contribution in [0, 0.1) is 5.82 Å². The highest BCUT2D eigenvalue weighted by Crippen LogP contribution is 2.07. The Labute approximate surface area is 128 Å². The number of halogens is 1. The fourth-order valence-electron chi connectivity index (χ4n) is 2.13. The van der Waals surface area contributed by atoms with E-state index in [4.69, 9.17) is 5.73 Å². The third kappa shape index (κ3) is 4.63. The molecule has 0 radical (unpaired) electrons. The molecule has 1 aromatic rings. The molecule has 1 fully saturated rings. The smallest absolute Gasteiger partial charge is 0.254 e. The Morgan fingerprint density at radius 2 is 2.32 bits per heavy atom. The van der Waals surface area contributed by atoms with Crippen molar-refractivity contribution in [2.45, 2.75) is 25.4 Å². The van der Waals surface area contributed by atoms with Gasteiger partial charge in [0.25, 0.3) is 5.91 Å². The summed E-state index contributed by atoms with van der Waals surface area (Å²) in [7, 11) is 0. The number of carbonyl (C=O) groups excluding carboxylic acids is 1. The maximum absolute atomic E-state index is 13.4. The third-order valence-electron chi connectivity index (χ3n) is 3.43. The Morgan fingerprint density at radius 3 is 3.00 bits per heavy atom. The summed E-state index contributed by atoms with van der Waals surface area (Å²) >= 11 is 0. The van der Waals surface area contributed by atoms with Gasteiger partial charge in [-0.2, -0.15) is 0 Å². The van der Waals surface area contributed by atoms with Gasteiger partial charge < -0.3 is 16.4 Å². The molecule has 4 N–H and O–H groups in total. The summed E-state index contributed by atoms with van der Waals surface area (Å²) in [4.78, 5) is 20.3. The lowest BCUT2D eigenvalue weighted by molar-refractivity contribution is -0.117. The lowest BCUT2D eigenvalue weighted by Gasteiger charge is -2.18. The summed E-state index contributed by atoms with van der Waals surface area (Å²) in [5, 5.41) is 5.83. The van der Waals surface area contributed by atoms with Crippen molar-refractivity contribution in [3.8, 4) is 0 Å². The molecule has 22 heavy (non-hydrogen) atoms. The van der Waals surface area contributed by atoms with Crippen molar-refractivity contribution in [1.82, 2.24) is 15.6 Å². The van der Waals surface area contributed by atoms with Gasteiger partial charge in [-0.05, 0) is 38.1 Å². The minimum atomic E-state index is -0.454. The molecular formula is C15H20FN5O. The molecular weight excluding hydrogens is 285 g/mol. The standard InChI is InChI=1S/C15H20FN5O/c16-13-2-1-5-19-14(13)10-21-15(22)11(8-17)9-20-12-3-6-18-7-4-12/h1-2,5,8-9,12,18H,3-4,6-7,10,17H2,(H,21,22). The van der Waals surface area contributed by atoms with Gasteiger partial charge in [-0.1, -0.05) is 0 Å². The van der Waals surface area contributed by atoms with Gasteiger partial charge in [0, 0.05) is 18.6 Å². The number of hydrogen-bond donors (Lipinski definition) is 3. The second kappa shape index (κ2) is 8.23. The van der Waals surface area contributed by atoms with Gasteiger partial charge in [-0.15, -0.1) is 0 Å². The topological polar surface area (TPSA) is 92.4 Å². The molecule has 0 aliphatic carbocycles. The Bertz CT molecular complexity index is 567. The van der Waals surface area contributed by atoms with Crippen LogP contribution in [0.15, 0.2) is 35.1 Å². The van der Waals surface area contributed by atoms with E-state index < -0.39 is 11.7 Å². The minimum Gasteiger partial charge on any atom is -0.404 e. The molecule has 0 aromatic carbocycles. The lowest BCUT2D eigenvalue weighted by Crippen LogP contribution is -2.30. The minimum absolute atomic E-state index is 0.00400. The van der Waals surface area contributed by atoms with Gasteiger partial charge in [0.2, 0.25) is 0 Å². The van der Waals surface area contributed by atoms with Crippen LogP contribution in [-0.4, -0.2) is 36.2 Å². The molecule has 1 aliphatic heterocycles. The van der Waals surface area contributed by atoms with Crippen LogP contribution in [0.5, 0.6) is 0 Å². The van der Waals surface area contributed by atoms with Gasteiger partial charge in [-0.3, -0.25) is 14.8 Å². The number of rotatable bonds is 5. The highest BCUT2D eigenvalue weighted by Gasteiger charge is 2.12. The fraction of sp³-hybridized carbons (Fsp3) is 0.400. The highest BCUT2D eigenvalue weighted by atomic mass is 19.1. The zero-order chi connectivity index (χ0) is 15.8. The Morgan fingerprint density at radius 1 is 1.55 bits per heavy atom. The number of carbonyl (C=O) groups is 1.